The van der Waals surface area contributed by atoms with E-state index in [1.54, 1.807) is 0 Å². The summed E-state index contributed by atoms with van der Waals surface area (Å²) >= 11 is 1.31. The third-order valence-corrected chi connectivity index (χ3v) is 3.54. The first-order valence-electron chi connectivity index (χ1n) is 5.34. The van der Waals surface area contributed by atoms with Crippen LogP contribution in [-0.2, 0) is 4.79 Å². The number of amides is 3. The van der Waals surface area contributed by atoms with Gasteiger partial charge in [0.1, 0.15) is 5.82 Å². The lowest BCUT2D eigenvalue weighted by molar-refractivity contribution is -0.124. The zero-order chi connectivity index (χ0) is 13.1. The lowest BCUT2D eigenvalue weighted by atomic mass is 10.3. The number of hydrogen-bond donors (Lipinski definition) is 2. The van der Waals surface area contributed by atoms with Crippen LogP contribution in [0.5, 0.6) is 0 Å². The van der Waals surface area contributed by atoms with Crippen LogP contribution in [0.1, 0.15) is 0 Å². The minimum Gasteiger partial charge on any atom is -0.398 e. The summed E-state index contributed by atoms with van der Waals surface area (Å²) in [6.45, 7) is 0.330. The molecule has 1 aliphatic rings. The molecule has 18 heavy (non-hydrogen) atoms. The van der Waals surface area contributed by atoms with Gasteiger partial charge in [-0.25, -0.2) is 9.18 Å². The molecule has 7 heteroatoms. The number of nitrogens with one attached hydrogen (secondary N) is 1. The number of benzene rings is 1. The Morgan fingerprint density at radius 2 is 2.22 bits per heavy atom. The molecule has 0 atom stereocenters. The highest BCUT2D eigenvalue weighted by atomic mass is 32.2. The Labute approximate surface area is 108 Å². The summed E-state index contributed by atoms with van der Waals surface area (Å²) < 4.78 is 13.0. The number of nitrogen functional groups attached to an aromatic ring is 1. The number of nitrogens with zero attached hydrogens (tertiary/aromatic N) is 1. The number of hydrogen-bond acceptors (Lipinski definition) is 4. The zero-order valence-electron chi connectivity index (χ0n) is 9.48. The van der Waals surface area contributed by atoms with E-state index in [1.165, 1.54) is 30.0 Å². The summed E-state index contributed by atoms with van der Waals surface area (Å²) in [4.78, 5) is 24.3. The first kappa shape index (κ1) is 12.7. The van der Waals surface area contributed by atoms with Crippen LogP contribution in [-0.4, -0.2) is 35.7 Å². The van der Waals surface area contributed by atoms with Gasteiger partial charge in [0.05, 0.1) is 6.54 Å². The molecule has 1 aliphatic heterocycles. The Bertz CT molecular complexity index is 479. The quantitative estimate of drug-likeness (QED) is 0.487. The monoisotopic (exact) mass is 269 g/mol. The molecule has 1 aromatic carbocycles. The molecule has 0 aromatic heterocycles. The van der Waals surface area contributed by atoms with E-state index in [-0.39, 0.29) is 30.8 Å². The number of anilines is 1. The number of rotatable bonds is 4. The fraction of sp³-hybridized carbons (Fsp3) is 0.273. The van der Waals surface area contributed by atoms with E-state index in [0.717, 1.165) is 4.90 Å². The number of carbonyl (C=O) groups excluding carboxylic acids is 2. The van der Waals surface area contributed by atoms with E-state index in [1.807, 2.05) is 0 Å². The van der Waals surface area contributed by atoms with E-state index in [9.17, 15) is 14.0 Å². The van der Waals surface area contributed by atoms with Crippen molar-refractivity contribution in [3.63, 3.8) is 0 Å². The lowest BCUT2D eigenvalue weighted by Crippen LogP contribution is -2.32. The van der Waals surface area contributed by atoms with Gasteiger partial charge in [-0.05, 0) is 18.2 Å². The molecule has 1 aromatic rings. The van der Waals surface area contributed by atoms with Crippen molar-refractivity contribution in [1.29, 1.82) is 0 Å². The summed E-state index contributed by atoms with van der Waals surface area (Å²) in [6.07, 6.45) is 0. The van der Waals surface area contributed by atoms with Gasteiger partial charge in [0.15, 0.2) is 0 Å². The molecule has 1 heterocycles. The van der Waals surface area contributed by atoms with Gasteiger partial charge >= 0.3 is 6.03 Å². The molecule has 3 N–H and O–H groups in total. The highest BCUT2D eigenvalue weighted by Crippen LogP contribution is 2.25. The SMILES string of the molecule is Nc1ccc(F)cc1SCCN1C(=O)CNC1=O. The van der Waals surface area contributed by atoms with Crippen LogP contribution in [0.25, 0.3) is 0 Å². The minimum absolute atomic E-state index is 0.0472. The van der Waals surface area contributed by atoms with Crippen LogP contribution >= 0.6 is 11.8 Å². The van der Waals surface area contributed by atoms with E-state index in [0.29, 0.717) is 16.3 Å². The lowest BCUT2D eigenvalue weighted by Gasteiger charge is -2.12. The van der Waals surface area contributed by atoms with Gasteiger partial charge in [0.25, 0.3) is 0 Å². The van der Waals surface area contributed by atoms with Crippen LogP contribution in [0.2, 0.25) is 0 Å². The maximum Gasteiger partial charge on any atom is 0.324 e. The highest BCUT2D eigenvalue weighted by Gasteiger charge is 2.27. The van der Waals surface area contributed by atoms with Crippen LogP contribution < -0.4 is 11.1 Å². The molecular weight excluding hydrogens is 257 g/mol. The van der Waals surface area contributed by atoms with Crippen molar-refractivity contribution in [1.82, 2.24) is 10.2 Å². The van der Waals surface area contributed by atoms with Gasteiger partial charge in [-0.2, -0.15) is 0 Å². The van der Waals surface area contributed by atoms with Gasteiger partial charge in [-0.3, -0.25) is 9.69 Å². The topological polar surface area (TPSA) is 75.4 Å². The molecule has 0 bridgehead atoms. The molecule has 0 aliphatic carbocycles. The molecule has 1 saturated heterocycles. The van der Waals surface area contributed by atoms with Crippen LogP contribution in [0.15, 0.2) is 23.1 Å². The summed E-state index contributed by atoms with van der Waals surface area (Å²) in [5, 5.41) is 2.43. The van der Waals surface area contributed by atoms with Gasteiger partial charge in [0, 0.05) is 22.9 Å². The molecular formula is C11H12FN3O2S. The van der Waals surface area contributed by atoms with Crippen molar-refractivity contribution < 1.29 is 14.0 Å². The predicted octanol–water partition coefficient (Wildman–Crippen LogP) is 1.05. The number of urea groups is 1. The minimum atomic E-state index is -0.382. The van der Waals surface area contributed by atoms with Crippen molar-refractivity contribution in [2.45, 2.75) is 4.90 Å². The summed E-state index contributed by atoms with van der Waals surface area (Å²) in [6, 6.07) is 3.74. The van der Waals surface area contributed by atoms with Crippen molar-refractivity contribution >= 4 is 29.4 Å². The third-order valence-electron chi connectivity index (χ3n) is 2.49. The molecule has 0 spiro atoms. The van der Waals surface area contributed by atoms with E-state index in [4.69, 9.17) is 5.73 Å². The number of halogens is 1. The van der Waals surface area contributed by atoms with Gasteiger partial charge in [-0.1, -0.05) is 0 Å². The Balaban J connectivity index is 1.90. The number of carbonyl (C=O) groups is 2. The first-order valence-corrected chi connectivity index (χ1v) is 6.32. The van der Waals surface area contributed by atoms with Crippen molar-refractivity contribution in [3.05, 3.63) is 24.0 Å². The Morgan fingerprint density at radius 3 is 2.89 bits per heavy atom. The highest BCUT2D eigenvalue weighted by molar-refractivity contribution is 7.99. The molecule has 1 fully saturated rings. The Morgan fingerprint density at radius 1 is 1.44 bits per heavy atom. The van der Waals surface area contributed by atoms with Gasteiger partial charge in [-0.15, -0.1) is 11.8 Å². The molecule has 0 saturated carbocycles. The molecule has 3 amide bonds. The number of imide groups is 1. The average molecular weight is 269 g/mol. The average Bonchev–Trinajstić information content (AvgIpc) is 2.65. The van der Waals surface area contributed by atoms with Crippen molar-refractivity contribution in [2.24, 2.45) is 0 Å². The summed E-state index contributed by atoms with van der Waals surface area (Å²) in [5.41, 5.74) is 6.18. The molecule has 96 valence electrons. The van der Waals surface area contributed by atoms with E-state index < -0.39 is 0 Å². The molecule has 0 unspecified atom stereocenters. The first-order chi connectivity index (χ1) is 8.58. The number of thioether (sulfide) groups is 1. The zero-order valence-corrected chi connectivity index (χ0v) is 10.3. The van der Waals surface area contributed by atoms with Crippen LogP contribution in [0, 0.1) is 5.82 Å². The van der Waals surface area contributed by atoms with Crippen LogP contribution in [0.3, 0.4) is 0 Å². The molecule has 2 rings (SSSR count). The molecule has 5 nitrogen and oxygen atoms in total. The Kier molecular flexibility index (Phi) is 3.71. The maximum absolute atomic E-state index is 13.0. The second kappa shape index (κ2) is 5.26. The molecule has 0 radical (unpaired) electrons. The second-order valence-corrected chi connectivity index (χ2v) is 4.87. The smallest absolute Gasteiger partial charge is 0.324 e. The predicted molar refractivity (Wildman–Crippen MR) is 66.6 cm³/mol. The normalized spacial score (nSPS) is 15.1. The summed E-state index contributed by atoms with van der Waals surface area (Å²) in [7, 11) is 0. The van der Waals surface area contributed by atoms with E-state index >= 15 is 0 Å². The maximum atomic E-state index is 13.0. The van der Waals surface area contributed by atoms with Crippen LogP contribution in [0.4, 0.5) is 14.9 Å². The fourth-order valence-electron chi connectivity index (χ4n) is 1.56. The van der Waals surface area contributed by atoms with Crippen molar-refractivity contribution in [3.8, 4) is 0 Å². The fourth-order valence-corrected chi connectivity index (χ4v) is 2.49. The third kappa shape index (κ3) is 2.73. The second-order valence-electron chi connectivity index (χ2n) is 3.73. The van der Waals surface area contributed by atoms with Crippen molar-refractivity contribution in [2.75, 3.05) is 24.6 Å². The summed E-state index contributed by atoms with van der Waals surface area (Å²) in [5.74, 6) is -0.123. The van der Waals surface area contributed by atoms with E-state index in [2.05, 4.69) is 5.32 Å². The number of nitrogens with two attached hydrogens (primary N) is 1. The standard InChI is InChI=1S/C11H12FN3O2S/c12-7-1-2-8(13)9(5-7)18-4-3-15-10(16)6-14-11(15)17/h1-2,5H,3-4,6,13H2,(H,14,17). The van der Waals surface area contributed by atoms with Gasteiger partial charge in [0.2, 0.25) is 5.91 Å². The van der Waals surface area contributed by atoms with Gasteiger partial charge < -0.3 is 11.1 Å². The largest absolute Gasteiger partial charge is 0.398 e. The Hall–Kier alpha value is -1.76.